The van der Waals surface area contributed by atoms with Crippen LogP contribution in [-0.2, 0) is 0 Å². The van der Waals surface area contributed by atoms with Crippen molar-refractivity contribution in [1.29, 1.82) is 0 Å². The molecule has 0 spiro atoms. The average molecular weight is 417 g/mol. The maximum absolute atomic E-state index is 15.3. The molecule has 1 saturated heterocycles. The van der Waals surface area contributed by atoms with E-state index < -0.39 is 11.6 Å². The van der Waals surface area contributed by atoms with Gasteiger partial charge < -0.3 is 14.9 Å². The highest BCUT2D eigenvalue weighted by atomic mass is 35.5. The Balaban J connectivity index is 1.94. The number of hydrogen-bond acceptors (Lipinski definition) is 3. The molecule has 0 atom stereocenters. The maximum atomic E-state index is 15.3. The van der Waals surface area contributed by atoms with E-state index in [4.69, 9.17) is 11.6 Å². The number of nitrogens with zero attached hydrogens (tertiary/aromatic N) is 2. The van der Waals surface area contributed by atoms with Gasteiger partial charge in [0.1, 0.15) is 17.4 Å². The first kappa shape index (κ1) is 20.9. The molecule has 1 heterocycles. The first-order valence-corrected chi connectivity index (χ1v) is 9.61. The Hall–Kier alpha value is -2.79. The standard InChI is InChI=1S/C23H23ClF2N2O/c1-5-14(2)27-9-11-28(12-10-27)16(4)17-13-18(24)21(23(26)15(17)3)22-19(25)7-6-8-20(22)29/h5-8,13,29H,1-2,4,9-12H2,3H3. The first-order chi connectivity index (χ1) is 13.8. The molecule has 1 aliphatic heterocycles. The van der Waals surface area contributed by atoms with E-state index >= 15 is 4.39 Å². The number of piperazine rings is 1. The molecule has 1 fully saturated rings. The zero-order valence-electron chi connectivity index (χ0n) is 16.3. The fraction of sp³-hybridized carbons (Fsp3) is 0.217. The lowest BCUT2D eigenvalue weighted by molar-refractivity contribution is 0.219. The largest absolute Gasteiger partial charge is 0.507 e. The summed E-state index contributed by atoms with van der Waals surface area (Å²) in [6.07, 6.45) is 1.72. The van der Waals surface area contributed by atoms with Crippen LogP contribution in [0.25, 0.3) is 16.8 Å². The van der Waals surface area contributed by atoms with Gasteiger partial charge in [-0.3, -0.25) is 0 Å². The molecule has 1 aliphatic rings. The minimum absolute atomic E-state index is 0.0170. The summed E-state index contributed by atoms with van der Waals surface area (Å²) in [5, 5.41) is 10.1. The number of halogens is 3. The average Bonchev–Trinajstić information content (AvgIpc) is 2.71. The third-order valence-electron chi connectivity index (χ3n) is 5.32. The Morgan fingerprint density at radius 1 is 1.10 bits per heavy atom. The number of allylic oxidation sites excluding steroid dienone is 1. The Morgan fingerprint density at radius 3 is 2.31 bits per heavy atom. The van der Waals surface area contributed by atoms with Gasteiger partial charge in [-0.05, 0) is 36.8 Å². The highest BCUT2D eigenvalue weighted by molar-refractivity contribution is 6.33. The van der Waals surface area contributed by atoms with E-state index in [9.17, 15) is 9.50 Å². The number of hydrogen-bond donors (Lipinski definition) is 1. The molecule has 6 heteroatoms. The van der Waals surface area contributed by atoms with Crippen LogP contribution in [0.2, 0.25) is 5.02 Å². The number of rotatable bonds is 5. The van der Waals surface area contributed by atoms with E-state index in [-0.39, 0.29) is 21.9 Å². The summed E-state index contributed by atoms with van der Waals surface area (Å²) in [6.45, 7) is 16.3. The fourth-order valence-electron chi connectivity index (χ4n) is 3.57. The van der Waals surface area contributed by atoms with Gasteiger partial charge in [0, 0.05) is 48.7 Å². The molecule has 2 aromatic rings. The molecule has 29 heavy (non-hydrogen) atoms. The second-order valence-electron chi connectivity index (χ2n) is 6.97. The lowest BCUT2D eigenvalue weighted by Gasteiger charge is -2.38. The SMILES string of the molecule is C=CC(=C)N1CCN(C(=C)c2cc(Cl)c(-c3c(O)cccc3F)c(F)c2C)CC1. The summed E-state index contributed by atoms with van der Waals surface area (Å²) in [4.78, 5) is 4.19. The van der Waals surface area contributed by atoms with Gasteiger partial charge >= 0.3 is 0 Å². The zero-order valence-corrected chi connectivity index (χ0v) is 17.1. The summed E-state index contributed by atoms with van der Waals surface area (Å²) < 4.78 is 29.5. The maximum Gasteiger partial charge on any atom is 0.136 e. The van der Waals surface area contributed by atoms with E-state index in [0.717, 1.165) is 24.9 Å². The number of phenols is 1. The van der Waals surface area contributed by atoms with Gasteiger partial charge in [-0.15, -0.1) is 0 Å². The summed E-state index contributed by atoms with van der Waals surface area (Å²) in [7, 11) is 0. The van der Waals surface area contributed by atoms with Crippen LogP contribution >= 0.6 is 11.6 Å². The van der Waals surface area contributed by atoms with E-state index in [1.165, 1.54) is 12.1 Å². The van der Waals surface area contributed by atoms with E-state index in [0.29, 0.717) is 29.9 Å². The van der Waals surface area contributed by atoms with Crippen LogP contribution in [0.15, 0.2) is 55.8 Å². The minimum atomic E-state index is -0.740. The third-order valence-corrected chi connectivity index (χ3v) is 5.62. The third kappa shape index (κ3) is 3.87. The summed E-state index contributed by atoms with van der Waals surface area (Å²) >= 11 is 6.34. The van der Waals surface area contributed by atoms with Crippen molar-refractivity contribution in [2.75, 3.05) is 26.2 Å². The summed E-state index contributed by atoms with van der Waals surface area (Å²) in [5.74, 6) is -1.78. The molecule has 0 radical (unpaired) electrons. The van der Waals surface area contributed by atoms with Crippen molar-refractivity contribution < 1.29 is 13.9 Å². The number of benzene rings is 2. The van der Waals surface area contributed by atoms with Gasteiger partial charge in [-0.25, -0.2) is 8.78 Å². The molecular formula is C23H23ClF2N2O. The van der Waals surface area contributed by atoms with Crippen molar-refractivity contribution in [3.8, 4) is 16.9 Å². The Kier molecular flexibility index (Phi) is 5.99. The van der Waals surface area contributed by atoms with Crippen LogP contribution in [-0.4, -0.2) is 41.1 Å². The molecule has 3 nitrogen and oxygen atoms in total. The highest BCUT2D eigenvalue weighted by Gasteiger charge is 2.25. The molecule has 152 valence electrons. The molecule has 2 aromatic carbocycles. The normalized spacial score (nSPS) is 14.1. The Labute approximate surface area is 174 Å². The van der Waals surface area contributed by atoms with E-state index in [1.807, 2.05) is 0 Å². The lowest BCUT2D eigenvalue weighted by atomic mass is 9.96. The van der Waals surface area contributed by atoms with Gasteiger partial charge in [0.25, 0.3) is 0 Å². The molecule has 0 bridgehead atoms. The highest BCUT2D eigenvalue weighted by Crippen LogP contribution is 2.41. The second-order valence-corrected chi connectivity index (χ2v) is 7.38. The predicted octanol–water partition coefficient (Wildman–Crippen LogP) is 5.59. The van der Waals surface area contributed by atoms with Crippen molar-refractivity contribution in [2.45, 2.75) is 6.92 Å². The molecule has 3 rings (SSSR count). The van der Waals surface area contributed by atoms with Crippen molar-refractivity contribution in [3.63, 3.8) is 0 Å². The monoisotopic (exact) mass is 416 g/mol. The van der Waals surface area contributed by atoms with Crippen LogP contribution in [0.3, 0.4) is 0 Å². The zero-order chi connectivity index (χ0) is 21.3. The quantitative estimate of drug-likeness (QED) is 0.644. The van der Waals surface area contributed by atoms with Crippen LogP contribution in [0.5, 0.6) is 5.75 Å². The van der Waals surface area contributed by atoms with Crippen molar-refractivity contribution >= 4 is 17.3 Å². The molecule has 0 amide bonds. The molecule has 0 unspecified atom stereocenters. The van der Waals surface area contributed by atoms with Crippen molar-refractivity contribution in [2.24, 2.45) is 0 Å². The molecular weight excluding hydrogens is 394 g/mol. The van der Waals surface area contributed by atoms with Crippen LogP contribution in [0.1, 0.15) is 11.1 Å². The van der Waals surface area contributed by atoms with Crippen molar-refractivity contribution in [3.05, 3.63) is 83.6 Å². The molecule has 0 aliphatic carbocycles. The second kappa shape index (κ2) is 8.29. The topological polar surface area (TPSA) is 26.7 Å². The number of aromatic hydroxyl groups is 1. The molecule has 0 saturated carbocycles. The molecule has 0 aromatic heterocycles. The van der Waals surface area contributed by atoms with E-state index in [1.54, 1.807) is 19.1 Å². The van der Waals surface area contributed by atoms with Crippen molar-refractivity contribution in [1.82, 2.24) is 9.80 Å². The van der Waals surface area contributed by atoms with Gasteiger partial charge in [0.05, 0.1) is 10.6 Å². The predicted molar refractivity (Wildman–Crippen MR) is 115 cm³/mol. The van der Waals surface area contributed by atoms with E-state index in [2.05, 4.69) is 29.5 Å². The van der Waals surface area contributed by atoms with Crippen LogP contribution in [0.4, 0.5) is 8.78 Å². The van der Waals surface area contributed by atoms with Gasteiger partial charge in [0.15, 0.2) is 0 Å². The fourth-order valence-corrected chi connectivity index (χ4v) is 3.86. The van der Waals surface area contributed by atoms with Crippen LogP contribution < -0.4 is 0 Å². The minimum Gasteiger partial charge on any atom is -0.507 e. The summed E-state index contributed by atoms with van der Waals surface area (Å²) in [5.41, 5.74) is 1.99. The van der Waals surface area contributed by atoms with Gasteiger partial charge in [0.2, 0.25) is 0 Å². The van der Waals surface area contributed by atoms with Crippen LogP contribution in [0, 0.1) is 18.6 Å². The number of phenolic OH excluding ortho intramolecular Hbond substituents is 1. The van der Waals surface area contributed by atoms with Gasteiger partial charge in [-0.1, -0.05) is 37.4 Å². The van der Waals surface area contributed by atoms with Gasteiger partial charge in [-0.2, -0.15) is 0 Å². The molecule has 1 N–H and O–H groups in total. The Morgan fingerprint density at radius 2 is 1.72 bits per heavy atom. The Bertz CT molecular complexity index is 975. The lowest BCUT2D eigenvalue weighted by Crippen LogP contribution is -2.44. The summed E-state index contributed by atoms with van der Waals surface area (Å²) in [6, 6.07) is 5.39. The first-order valence-electron chi connectivity index (χ1n) is 9.23. The smallest absolute Gasteiger partial charge is 0.136 e.